The van der Waals surface area contributed by atoms with Gasteiger partial charge in [0.1, 0.15) is 5.69 Å². The molecule has 1 aliphatic rings. The van der Waals surface area contributed by atoms with Crippen LogP contribution in [-0.4, -0.2) is 39.9 Å². The molecule has 0 spiro atoms. The van der Waals surface area contributed by atoms with E-state index in [1.54, 1.807) is 12.4 Å². The van der Waals surface area contributed by atoms with Crippen LogP contribution in [0.3, 0.4) is 0 Å². The van der Waals surface area contributed by atoms with Crippen molar-refractivity contribution in [3.05, 3.63) is 24.3 Å². The maximum atomic E-state index is 12.3. The summed E-state index contributed by atoms with van der Waals surface area (Å²) in [4.78, 5) is 22.2. The molecule has 5 heteroatoms. The third-order valence-electron chi connectivity index (χ3n) is 3.72. The Morgan fingerprint density at radius 3 is 3.00 bits per heavy atom. The van der Waals surface area contributed by atoms with Gasteiger partial charge in [-0.2, -0.15) is 0 Å². The van der Waals surface area contributed by atoms with Gasteiger partial charge < -0.3 is 10.6 Å². The Balaban J connectivity index is 2.10. The van der Waals surface area contributed by atoms with Gasteiger partial charge >= 0.3 is 0 Å². The molecule has 2 unspecified atom stereocenters. The predicted molar refractivity (Wildman–Crippen MR) is 68.9 cm³/mol. The highest BCUT2D eigenvalue weighted by atomic mass is 16.2. The molecule has 1 fully saturated rings. The molecule has 2 N–H and O–H groups in total. The van der Waals surface area contributed by atoms with E-state index in [2.05, 4.69) is 16.9 Å². The lowest BCUT2D eigenvalue weighted by molar-refractivity contribution is 0.0552. The van der Waals surface area contributed by atoms with Gasteiger partial charge in [-0.3, -0.25) is 9.78 Å². The van der Waals surface area contributed by atoms with Crippen LogP contribution in [-0.2, 0) is 0 Å². The lowest BCUT2D eigenvalue weighted by atomic mass is 9.88. The number of rotatable bonds is 3. The number of hydrogen-bond acceptors (Lipinski definition) is 4. The highest BCUT2D eigenvalue weighted by molar-refractivity contribution is 5.92. The Hall–Kier alpha value is -1.49. The van der Waals surface area contributed by atoms with Crippen molar-refractivity contribution in [1.29, 1.82) is 0 Å². The van der Waals surface area contributed by atoms with Crippen LogP contribution in [0.2, 0.25) is 0 Å². The molecule has 0 radical (unpaired) electrons. The van der Waals surface area contributed by atoms with Gasteiger partial charge in [0.2, 0.25) is 0 Å². The minimum absolute atomic E-state index is 0.0481. The van der Waals surface area contributed by atoms with Crippen molar-refractivity contribution in [2.24, 2.45) is 11.7 Å². The van der Waals surface area contributed by atoms with Crippen molar-refractivity contribution in [3.8, 4) is 0 Å². The number of carbonyl (C=O) groups is 1. The third-order valence-corrected chi connectivity index (χ3v) is 3.72. The van der Waals surface area contributed by atoms with Gasteiger partial charge in [0.05, 0.1) is 6.20 Å². The highest BCUT2D eigenvalue weighted by Crippen LogP contribution is 2.25. The number of nitrogens with zero attached hydrogens (tertiary/aromatic N) is 3. The molecule has 5 nitrogen and oxygen atoms in total. The topological polar surface area (TPSA) is 72.1 Å². The molecule has 1 saturated heterocycles. The summed E-state index contributed by atoms with van der Waals surface area (Å²) >= 11 is 0. The van der Waals surface area contributed by atoms with Gasteiger partial charge in [0.25, 0.3) is 5.91 Å². The fraction of sp³-hybridized carbons (Fsp3) is 0.615. The summed E-state index contributed by atoms with van der Waals surface area (Å²) < 4.78 is 0. The minimum Gasteiger partial charge on any atom is -0.333 e. The number of amides is 1. The molecule has 2 atom stereocenters. The highest BCUT2D eigenvalue weighted by Gasteiger charge is 2.31. The monoisotopic (exact) mass is 248 g/mol. The SMILES string of the molecule is CCC1CCN(C(=O)c2cnccn2)C(CN)C1. The number of piperidine rings is 1. The number of hydrogen-bond donors (Lipinski definition) is 1. The lowest BCUT2D eigenvalue weighted by Crippen LogP contribution is -2.49. The Morgan fingerprint density at radius 2 is 2.39 bits per heavy atom. The molecular formula is C13H20N4O. The number of carbonyl (C=O) groups excluding carboxylic acids is 1. The predicted octanol–water partition coefficient (Wildman–Crippen LogP) is 1.07. The first-order valence-electron chi connectivity index (χ1n) is 6.53. The molecule has 2 rings (SSSR count). The molecule has 18 heavy (non-hydrogen) atoms. The van der Waals surface area contributed by atoms with Crippen LogP contribution in [0.4, 0.5) is 0 Å². The van der Waals surface area contributed by atoms with E-state index in [9.17, 15) is 4.79 Å². The second-order valence-corrected chi connectivity index (χ2v) is 4.78. The normalized spacial score (nSPS) is 24.0. The second-order valence-electron chi connectivity index (χ2n) is 4.78. The number of aromatic nitrogens is 2. The zero-order chi connectivity index (χ0) is 13.0. The smallest absolute Gasteiger partial charge is 0.274 e. The Kier molecular flexibility index (Phi) is 4.25. The Labute approximate surface area is 107 Å². The van der Waals surface area contributed by atoms with E-state index in [0.717, 1.165) is 25.8 Å². The zero-order valence-corrected chi connectivity index (χ0v) is 10.7. The summed E-state index contributed by atoms with van der Waals surface area (Å²) in [5.41, 5.74) is 6.20. The van der Waals surface area contributed by atoms with E-state index in [-0.39, 0.29) is 11.9 Å². The molecule has 0 aromatic carbocycles. The maximum Gasteiger partial charge on any atom is 0.274 e. The van der Waals surface area contributed by atoms with E-state index in [1.807, 2.05) is 4.90 Å². The number of nitrogens with two attached hydrogens (primary N) is 1. The van der Waals surface area contributed by atoms with Crippen molar-refractivity contribution < 1.29 is 4.79 Å². The summed E-state index contributed by atoms with van der Waals surface area (Å²) in [6.45, 7) is 3.48. The van der Waals surface area contributed by atoms with Gasteiger partial charge in [-0.15, -0.1) is 0 Å². The Morgan fingerprint density at radius 1 is 1.56 bits per heavy atom. The quantitative estimate of drug-likeness (QED) is 0.868. The maximum absolute atomic E-state index is 12.3. The van der Waals surface area contributed by atoms with Crippen molar-refractivity contribution in [2.75, 3.05) is 13.1 Å². The van der Waals surface area contributed by atoms with Crippen LogP contribution >= 0.6 is 0 Å². The largest absolute Gasteiger partial charge is 0.333 e. The second kappa shape index (κ2) is 5.91. The lowest BCUT2D eigenvalue weighted by Gasteiger charge is -2.38. The van der Waals surface area contributed by atoms with E-state index in [1.165, 1.54) is 6.20 Å². The fourth-order valence-electron chi connectivity index (χ4n) is 2.55. The van der Waals surface area contributed by atoms with Crippen molar-refractivity contribution >= 4 is 5.91 Å². The standard InChI is InChI=1S/C13H20N4O/c1-2-10-3-6-17(11(7-10)8-14)13(18)12-9-15-4-5-16-12/h4-5,9-11H,2-3,6-8,14H2,1H3. The third kappa shape index (κ3) is 2.67. The number of likely N-dealkylation sites (tertiary alicyclic amines) is 1. The van der Waals surface area contributed by atoms with Crippen LogP contribution < -0.4 is 5.73 Å². The molecule has 1 amide bonds. The Bertz CT molecular complexity index is 395. The van der Waals surface area contributed by atoms with E-state index >= 15 is 0 Å². The first-order valence-corrected chi connectivity index (χ1v) is 6.53. The van der Waals surface area contributed by atoms with Gasteiger partial charge in [0, 0.05) is 31.5 Å². The first kappa shape index (κ1) is 13.0. The minimum atomic E-state index is -0.0481. The van der Waals surface area contributed by atoms with Crippen LogP contribution in [0.5, 0.6) is 0 Å². The fourth-order valence-corrected chi connectivity index (χ4v) is 2.55. The molecule has 98 valence electrons. The van der Waals surface area contributed by atoms with E-state index < -0.39 is 0 Å². The molecule has 1 aliphatic heterocycles. The zero-order valence-electron chi connectivity index (χ0n) is 10.7. The van der Waals surface area contributed by atoms with Crippen molar-refractivity contribution in [2.45, 2.75) is 32.2 Å². The average molecular weight is 248 g/mol. The van der Waals surface area contributed by atoms with Gasteiger partial charge in [-0.25, -0.2) is 4.98 Å². The molecule has 2 heterocycles. The summed E-state index contributed by atoms with van der Waals surface area (Å²) in [5.74, 6) is 0.637. The van der Waals surface area contributed by atoms with Crippen molar-refractivity contribution in [3.63, 3.8) is 0 Å². The first-order chi connectivity index (χ1) is 8.76. The summed E-state index contributed by atoms with van der Waals surface area (Å²) in [6.07, 6.45) is 7.84. The van der Waals surface area contributed by atoms with E-state index in [0.29, 0.717) is 18.2 Å². The summed E-state index contributed by atoms with van der Waals surface area (Å²) in [6, 6.07) is 0.137. The molecule has 0 aliphatic carbocycles. The summed E-state index contributed by atoms with van der Waals surface area (Å²) in [5, 5.41) is 0. The molecule has 0 saturated carbocycles. The van der Waals surface area contributed by atoms with Crippen LogP contribution in [0, 0.1) is 5.92 Å². The van der Waals surface area contributed by atoms with Crippen LogP contribution in [0.25, 0.3) is 0 Å². The van der Waals surface area contributed by atoms with Crippen LogP contribution in [0.1, 0.15) is 36.7 Å². The van der Waals surface area contributed by atoms with Crippen LogP contribution in [0.15, 0.2) is 18.6 Å². The van der Waals surface area contributed by atoms with Gasteiger partial charge in [0.15, 0.2) is 0 Å². The van der Waals surface area contributed by atoms with Crippen molar-refractivity contribution in [1.82, 2.24) is 14.9 Å². The molecule has 0 bridgehead atoms. The average Bonchev–Trinajstić information content (AvgIpc) is 2.46. The summed E-state index contributed by atoms with van der Waals surface area (Å²) in [7, 11) is 0. The molecule has 1 aromatic rings. The molecular weight excluding hydrogens is 228 g/mol. The van der Waals surface area contributed by atoms with E-state index in [4.69, 9.17) is 5.73 Å². The molecule has 1 aromatic heterocycles. The van der Waals surface area contributed by atoms with Gasteiger partial charge in [-0.1, -0.05) is 13.3 Å². The van der Waals surface area contributed by atoms with Gasteiger partial charge in [-0.05, 0) is 18.8 Å².